The molecular weight excluding hydrogens is 530 g/mol. The second-order valence-electron chi connectivity index (χ2n) is 11.3. The van der Waals surface area contributed by atoms with Gasteiger partial charge in [-0.05, 0) is 62.8 Å². The highest BCUT2D eigenvalue weighted by Gasteiger charge is 2.61. The number of sulfonamides is 1. The highest BCUT2D eigenvalue weighted by Crippen LogP contribution is 2.49. The zero-order valence-electron chi connectivity index (χ0n) is 22.3. The zero-order valence-corrected chi connectivity index (χ0v) is 23.9. The molecule has 9 nitrogen and oxygen atoms in total. The van der Waals surface area contributed by atoms with E-state index in [-0.39, 0.29) is 35.5 Å². The number of morpholine rings is 1. The van der Waals surface area contributed by atoms with Gasteiger partial charge in [0.15, 0.2) is 0 Å². The fourth-order valence-electron chi connectivity index (χ4n) is 6.01. The summed E-state index contributed by atoms with van der Waals surface area (Å²) in [6.45, 7) is 6.81. The minimum absolute atomic E-state index is 0.00765. The molecule has 4 aliphatic rings. The molecule has 210 valence electrons. The summed E-state index contributed by atoms with van der Waals surface area (Å²) in [5.74, 6) is 0.485. The van der Waals surface area contributed by atoms with E-state index in [2.05, 4.69) is 0 Å². The molecule has 2 heterocycles. The van der Waals surface area contributed by atoms with Gasteiger partial charge in [-0.1, -0.05) is 31.4 Å². The van der Waals surface area contributed by atoms with Gasteiger partial charge in [0.1, 0.15) is 5.60 Å². The molecule has 0 N–H and O–H groups in total. The lowest BCUT2D eigenvalue weighted by Gasteiger charge is -2.46. The van der Waals surface area contributed by atoms with Crippen molar-refractivity contribution in [2.45, 2.75) is 94.0 Å². The number of hydrogen-bond donors (Lipinski definition) is 0. The molecule has 0 aromatic heterocycles. The molecule has 1 aromatic carbocycles. The first-order valence-electron chi connectivity index (χ1n) is 13.7. The summed E-state index contributed by atoms with van der Waals surface area (Å²) in [4.78, 5) is 29.4. The summed E-state index contributed by atoms with van der Waals surface area (Å²) in [7, 11) is -3.89. The molecule has 0 radical (unpaired) electrons. The van der Waals surface area contributed by atoms with E-state index in [0.29, 0.717) is 49.9 Å². The van der Waals surface area contributed by atoms with Crippen molar-refractivity contribution in [1.82, 2.24) is 14.1 Å². The number of halogens is 1. The predicted octanol–water partition coefficient (Wildman–Crippen LogP) is 3.90. The first-order chi connectivity index (χ1) is 18.1. The Morgan fingerprint density at radius 3 is 2.34 bits per heavy atom. The van der Waals surface area contributed by atoms with E-state index in [1.54, 1.807) is 33.2 Å². The minimum atomic E-state index is -3.89. The van der Waals surface area contributed by atoms with E-state index >= 15 is 0 Å². The van der Waals surface area contributed by atoms with Crippen molar-refractivity contribution in [3.05, 3.63) is 29.3 Å². The third kappa shape index (κ3) is 5.42. The molecule has 4 fully saturated rings. The number of amides is 2. The lowest BCUT2D eigenvalue weighted by molar-refractivity contribution is -0.135. The highest BCUT2D eigenvalue weighted by atomic mass is 35.5. The average Bonchev–Trinajstić information content (AvgIpc) is 3.81. The third-order valence-corrected chi connectivity index (χ3v) is 10.8. The molecule has 2 aliphatic carbocycles. The Morgan fingerprint density at radius 2 is 1.76 bits per heavy atom. The van der Waals surface area contributed by atoms with Gasteiger partial charge in [-0.25, -0.2) is 13.2 Å². The van der Waals surface area contributed by atoms with Gasteiger partial charge in [0.25, 0.3) is 0 Å². The molecule has 2 saturated heterocycles. The van der Waals surface area contributed by atoms with Gasteiger partial charge in [0, 0.05) is 37.1 Å². The van der Waals surface area contributed by atoms with Crippen LogP contribution in [0.15, 0.2) is 29.2 Å². The quantitative estimate of drug-likeness (QED) is 0.496. The van der Waals surface area contributed by atoms with Crippen molar-refractivity contribution < 1.29 is 27.5 Å². The second-order valence-corrected chi connectivity index (χ2v) is 13.6. The molecular formula is C27H38ClN3O6S. The molecule has 38 heavy (non-hydrogen) atoms. The van der Waals surface area contributed by atoms with Gasteiger partial charge < -0.3 is 19.3 Å². The van der Waals surface area contributed by atoms with Gasteiger partial charge in [-0.15, -0.1) is 0 Å². The maximum Gasteiger partial charge on any atom is 0.410 e. The zero-order chi connectivity index (χ0) is 27.2. The normalized spacial score (nSPS) is 29.7. The van der Waals surface area contributed by atoms with Crippen molar-refractivity contribution in [3.8, 4) is 0 Å². The third-order valence-electron chi connectivity index (χ3n) is 8.54. The molecule has 2 amide bonds. The Morgan fingerprint density at radius 1 is 1.08 bits per heavy atom. The van der Waals surface area contributed by atoms with Crippen LogP contribution in [0.3, 0.4) is 0 Å². The van der Waals surface area contributed by atoms with E-state index < -0.39 is 27.8 Å². The molecule has 1 unspecified atom stereocenters. The monoisotopic (exact) mass is 567 g/mol. The van der Waals surface area contributed by atoms with Crippen LogP contribution in [0.25, 0.3) is 0 Å². The van der Waals surface area contributed by atoms with Gasteiger partial charge in [-0.3, -0.25) is 4.79 Å². The Labute approximate surface area is 230 Å². The molecule has 2 saturated carbocycles. The predicted molar refractivity (Wildman–Crippen MR) is 142 cm³/mol. The van der Waals surface area contributed by atoms with Crippen molar-refractivity contribution in [2.24, 2.45) is 5.92 Å². The molecule has 1 aromatic rings. The van der Waals surface area contributed by atoms with Crippen LogP contribution in [0.4, 0.5) is 4.79 Å². The maximum atomic E-state index is 14.1. The SMILES string of the molecule is CC[C@H]1CN(C(C)=O)[C@H](C)CN1C(=O)OC1([C@H]2COCC(CC3CC3)N2S(=O)(=O)c2ccc(Cl)cc2)CC1. The van der Waals surface area contributed by atoms with E-state index in [1.807, 2.05) is 13.8 Å². The van der Waals surface area contributed by atoms with Crippen LogP contribution in [0.5, 0.6) is 0 Å². The van der Waals surface area contributed by atoms with Crippen LogP contribution in [-0.4, -0.2) is 90.6 Å². The van der Waals surface area contributed by atoms with Crippen molar-refractivity contribution >= 4 is 33.6 Å². The van der Waals surface area contributed by atoms with Crippen LogP contribution in [0, 0.1) is 5.92 Å². The van der Waals surface area contributed by atoms with E-state index in [1.165, 1.54) is 12.1 Å². The summed E-state index contributed by atoms with van der Waals surface area (Å²) in [6, 6.07) is 5.02. The number of hydrogen-bond acceptors (Lipinski definition) is 6. The van der Waals surface area contributed by atoms with Crippen LogP contribution in [0.1, 0.15) is 59.3 Å². The highest BCUT2D eigenvalue weighted by molar-refractivity contribution is 7.89. The number of ether oxygens (including phenoxy) is 2. The number of carbonyl (C=O) groups is 2. The fraction of sp³-hybridized carbons (Fsp3) is 0.704. The standard InChI is InChI=1S/C27H38ClN3O6S/c1-4-22-15-29(19(3)32)18(2)14-30(22)26(33)37-27(11-12-27)25-17-36-16-23(13-20-5-6-20)31(25)38(34,35)24-9-7-21(28)8-10-24/h7-10,18,20,22-23,25H,4-6,11-17H2,1-3H3/t18-,22+,23?,25-/m1/s1. The molecule has 2 aliphatic heterocycles. The fourth-order valence-corrected chi connectivity index (χ4v) is 7.99. The Hall–Kier alpha value is -1.88. The first kappa shape index (κ1) is 27.7. The number of rotatable bonds is 7. The van der Waals surface area contributed by atoms with Crippen LogP contribution in [-0.2, 0) is 24.3 Å². The molecule has 4 atom stereocenters. The summed E-state index contributed by atoms with van der Waals surface area (Å²) < 4.78 is 41.9. The minimum Gasteiger partial charge on any atom is -0.441 e. The topological polar surface area (TPSA) is 96.5 Å². The van der Waals surface area contributed by atoms with Gasteiger partial charge in [0.2, 0.25) is 15.9 Å². The first-order valence-corrected chi connectivity index (χ1v) is 15.5. The Kier molecular flexibility index (Phi) is 7.72. The van der Waals surface area contributed by atoms with Crippen molar-refractivity contribution in [2.75, 3.05) is 26.3 Å². The summed E-state index contributed by atoms with van der Waals surface area (Å²) in [5, 5.41) is 0.467. The van der Waals surface area contributed by atoms with E-state index in [9.17, 15) is 18.0 Å². The summed E-state index contributed by atoms with van der Waals surface area (Å²) >= 11 is 6.04. The average molecular weight is 568 g/mol. The van der Waals surface area contributed by atoms with Crippen molar-refractivity contribution in [1.29, 1.82) is 0 Å². The Balaban J connectivity index is 1.41. The van der Waals surface area contributed by atoms with Gasteiger partial charge >= 0.3 is 6.09 Å². The largest absolute Gasteiger partial charge is 0.441 e. The van der Waals surface area contributed by atoms with Crippen LogP contribution >= 0.6 is 11.6 Å². The molecule has 0 bridgehead atoms. The second kappa shape index (κ2) is 10.6. The number of carbonyl (C=O) groups excluding carboxylic acids is 2. The number of nitrogens with zero attached hydrogens (tertiary/aromatic N) is 3. The van der Waals surface area contributed by atoms with Crippen molar-refractivity contribution in [3.63, 3.8) is 0 Å². The van der Waals surface area contributed by atoms with E-state index in [0.717, 1.165) is 19.3 Å². The maximum absolute atomic E-state index is 14.1. The molecule has 11 heteroatoms. The summed E-state index contributed by atoms with van der Waals surface area (Å²) in [6.07, 6.45) is 4.32. The van der Waals surface area contributed by atoms with Gasteiger partial charge in [-0.2, -0.15) is 4.31 Å². The van der Waals surface area contributed by atoms with Gasteiger partial charge in [0.05, 0.1) is 30.2 Å². The lowest BCUT2D eigenvalue weighted by Crippen LogP contribution is -2.63. The van der Waals surface area contributed by atoms with Crippen LogP contribution < -0.4 is 0 Å². The lowest BCUT2D eigenvalue weighted by atomic mass is 10.0. The molecule has 0 spiro atoms. The summed E-state index contributed by atoms with van der Waals surface area (Å²) in [5.41, 5.74) is -0.933. The van der Waals surface area contributed by atoms with E-state index in [4.69, 9.17) is 21.1 Å². The smallest absolute Gasteiger partial charge is 0.410 e. The molecule has 5 rings (SSSR count). The Bertz CT molecular complexity index is 1150. The number of piperazine rings is 1. The number of benzene rings is 1. The van der Waals surface area contributed by atoms with Crippen LogP contribution in [0.2, 0.25) is 5.02 Å².